The number of hydrogen-bond donors (Lipinski definition) is 1. The molecule has 15 nitrogen and oxygen atoms in total. The van der Waals surface area contributed by atoms with Gasteiger partial charge in [-0.3, -0.25) is 28.1 Å². The summed E-state index contributed by atoms with van der Waals surface area (Å²) in [5, 5.41) is 15.0. The third kappa shape index (κ3) is 6.66. The van der Waals surface area contributed by atoms with Crippen LogP contribution in [0.25, 0.3) is 39.0 Å². The van der Waals surface area contributed by atoms with Gasteiger partial charge in [0, 0.05) is 55.0 Å². The number of halogens is 2. The molecule has 0 spiro atoms. The summed E-state index contributed by atoms with van der Waals surface area (Å²) >= 11 is 0. The number of rotatable bonds is 10. The lowest BCUT2D eigenvalue weighted by atomic mass is 9.83. The maximum absolute atomic E-state index is 16.5. The van der Waals surface area contributed by atoms with E-state index in [0.29, 0.717) is 82.7 Å². The van der Waals surface area contributed by atoms with Crippen molar-refractivity contribution in [2.24, 2.45) is 11.8 Å². The van der Waals surface area contributed by atoms with E-state index in [2.05, 4.69) is 54.2 Å². The van der Waals surface area contributed by atoms with Crippen LogP contribution in [0.1, 0.15) is 129 Å². The van der Waals surface area contributed by atoms with Crippen molar-refractivity contribution in [1.82, 2.24) is 48.3 Å². The highest BCUT2D eigenvalue weighted by Gasteiger charge is 2.59. The molecule has 13 rings (SSSR count). The molecule has 1 N–H and O–H groups in total. The highest BCUT2D eigenvalue weighted by molar-refractivity contribution is 6.00. The van der Waals surface area contributed by atoms with E-state index in [4.69, 9.17) is 14.4 Å². The lowest BCUT2D eigenvalue weighted by Crippen LogP contribution is -2.41. The van der Waals surface area contributed by atoms with Crippen molar-refractivity contribution >= 4 is 27.7 Å². The van der Waals surface area contributed by atoms with E-state index in [0.717, 1.165) is 56.0 Å². The van der Waals surface area contributed by atoms with E-state index in [-0.39, 0.29) is 40.8 Å². The zero-order valence-electron chi connectivity index (χ0n) is 38.9. The Balaban J connectivity index is 0.937. The number of hydrogen-bond acceptors (Lipinski definition) is 8. The molecule has 1 saturated heterocycles. The first-order valence-electron chi connectivity index (χ1n) is 24.3. The molecule has 17 heteroatoms. The van der Waals surface area contributed by atoms with Crippen molar-refractivity contribution in [3.63, 3.8) is 0 Å². The lowest BCUT2D eigenvalue weighted by molar-refractivity contribution is -0.0592. The average Bonchev–Trinajstić information content (AvgIpc) is 4.25. The van der Waals surface area contributed by atoms with Crippen LogP contribution in [-0.2, 0) is 23.2 Å². The highest BCUT2D eigenvalue weighted by atomic mass is 19.1. The molecule has 4 fully saturated rings. The summed E-state index contributed by atoms with van der Waals surface area (Å²) in [4.78, 5) is 47.6. The number of fused-ring (bicyclic) bond motifs is 3. The summed E-state index contributed by atoms with van der Waals surface area (Å²) in [6.07, 6.45) is 11.4. The molecule has 3 saturated carbocycles. The highest BCUT2D eigenvalue weighted by Crippen LogP contribution is 2.56. The monoisotopic (exact) mass is 934 g/mol. The average molecular weight is 935 g/mol. The van der Waals surface area contributed by atoms with Gasteiger partial charge in [-0.05, 0) is 149 Å². The third-order valence-corrected chi connectivity index (χ3v) is 15.8. The Morgan fingerprint density at radius 1 is 0.913 bits per heavy atom. The molecule has 2 aliphatic heterocycles. The van der Waals surface area contributed by atoms with Crippen molar-refractivity contribution in [3.05, 3.63) is 140 Å². The summed E-state index contributed by atoms with van der Waals surface area (Å²) in [6, 6.07) is 16.0. The Bertz CT molecular complexity index is 3540. The maximum Gasteiger partial charge on any atom is 0.438 e. The predicted octanol–water partition coefficient (Wildman–Crippen LogP) is 8.58. The number of aromatic amines is 1. The van der Waals surface area contributed by atoms with Crippen molar-refractivity contribution < 1.29 is 22.8 Å². The van der Waals surface area contributed by atoms with E-state index in [1.807, 2.05) is 27.1 Å². The van der Waals surface area contributed by atoms with Gasteiger partial charge in [0.15, 0.2) is 11.6 Å². The Labute approximate surface area is 394 Å². The van der Waals surface area contributed by atoms with Crippen LogP contribution in [0.3, 0.4) is 0 Å². The van der Waals surface area contributed by atoms with Crippen LogP contribution in [0.5, 0.6) is 0 Å². The van der Waals surface area contributed by atoms with Crippen LogP contribution in [-0.4, -0.2) is 73.0 Å². The predicted molar refractivity (Wildman–Crippen MR) is 251 cm³/mol. The standard InChI is InChI=1S/C52H52F2N10O5/c1-28-24-52(28,48-56-49(66)69-58-48)63-40-12-9-32(33-16-20-68-51(3,4)25-33)21-34(40)22-43(63)47(65)59-17-15-39-44(29(59)2)46(64(57-39)35-10-11-38(53)36(23-35)31-7-8-31)61-19-18-60(50(61)67)42-14-13-41-37(45(42)54)26-55-62(41)27-30-5-6-30/h9-14,18-19,21-23,26,28-31,33H,5-8,15-17,20,24-25,27H2,1-4H3,(H,56,58,66). The van der Waals surface area contributed by atoms with Crippen LogP contribution in [0.4, 0.5) is 8.78 Å². The summed E-state index contributed by atoms with van der Waals surface area (Å²) in [5.41, 5.74) is 4.00. The molecule has 4 atom stereocenters. The Morgan fingerprint density at radius 3 is 2.45 bits per heavy atom. The molecular formula is C52H52F2N10O5. The van der Waals surface area contributed by atoms with Crippen molar-refractivity contribution in [2.45, 2.75) is 115 Å². The fourth-order valence-electron chi connectivity index (χ4n) is 11.7. The van der Waals surface area contributed by atoms with Crippen LogP contribution < -0.4 is 11.4 Å². The van der Waals surface area contributed by atoms with E-state index in [1.165, 1.54) is 27.0 Å². The van der Waals surface area contributed by atoms with Gasteiger partial charge >= 0.3 is 11.4 Å². The first-order valence-corrected chi connectivity index (χ1v) is 24.3. The Morgan fingerprint density at radius 2 is 1.71 bits per heavy atom. The fraction of sp³-hybridized carbons (Fsp3) is 0.423. The number of carbonyl (C=O) groups is 1. The topological polar surface area (TPSA) is 156 Å². The summed E-state index contributed by atoms with van der Waals surface area (Å²) in [5.74, 6) is -0.126. The number of benzene rings is 3. The second kappa shape index (κ2) is 15.1. The van der Waals surface area contributed by atoms with Crippen LogP contribution >= 0.6 is 0 Å². The molecule has 8 aromatic rings. The number of imidazole rings is 1. The number of carbonyl (C=O) groups excluding carboxylic acids is 1. The summed E-state index contributed by atoms with van der Waals surface area (Å²) in [7, 11) is 0. The van der Waals surface area contributed by atoms with Crippen molar-refractivity contribution in [1.29, 1.82) is 0 Å². The Hall–Kier alpha value is -6.88. The second-order valence-electron chi connectivity index (χ2n) is 20.9. The SMILES string of the molecule is CC1c2c(nn(-c3ccc(F)c(C4CC4)c3)c2-n2ccn(-c3ccc4c(cnn4CC4CC4)c3F)c2=O)CCN1C(=O)c1cc2cc(C3CCOC(C)(C)C3)ccc2n1C1(c2noc(=O)[nH]2)CC1C. The molecular weight excluding hydrogens is 883 g/mol. The van der Waals surface area contributed by atoms with Gasteiger partial charge in [0.25, 0.3) is 5.91 Å². The van der Waals surface area contributed by atoms with Gasteiger partial charge < -0.3 is 14.2 Å². The lowest BCUT2D eigenvalue weighted by Gasteiger charge is -2.35. The van der Waals surface area contributed by atoms with Crippen molar-refractivity contribution in [3.8, 4) is 17.2 Å². The van der Waals surface area contributed by atoms with Gasteiger partial charge in [0.2, 0.25) is 0 Å². The van der Waals surface area contributed by atoms with Crippen molar-refractivity contribution in [2.75, 3.05) is 13.2 Å². The van der Waals surface area contributed by atoms with Gasteiger partial charge in [-0.15, -0.1) is 0 Å². The maximum atomic E-state index is 16.5. The molecule has 3 aromatic carbocycles. The van der Waals surface area contributed by atoms with Crippen LogP contribution in [0.15, 0.2) is 87.3 Å². The zero-order valence-corrected chi connectivity index (χ0v) is 38.9. The van der Waals surface area contributed by atoms with Gasteiger partial charge in [-0.25, -0.2) is 23.1 Å². The molecule has 0 bridgehead atoms. The first kappa shape index (κ1) is 42.2. The largest absolute Gasteiger partial charge is 0.438 e. The summed E-state index contributed by atoms with van der Waals surface area (Å²) in [6.45, 7) is 9.93. The van der Waals surface area contributed by atoms with E-state index in [9.17, 15) is 9.59 Å². The second-order valence-corrected chi connectivity index (χ2v) is 20.9. The molecule has 7 heterocycles. The fourth-order valence-corrected chi connectivity index (χ4v) is 11.7. The molecule has 354 valence electrons. The molecule has 4 unspecified atom stereocenters. The number of nitrogens with zero attached hydrogens (tertiary/aromatic N) is 9. The normalized spacial score (nSPS) is 23.3. The molecule has 69 heavy (non-hydrogen) atoms. The molecule has 0 radical (unpaired) electrons. The minimum atomic E-state index is -0.854. The zero-order chi connectivity index (χ0) is 47.2. The number of nitrogens with one attached hydrogen (secondary N) is 1. The van der Waals surface area contributed by atoms with Gasteiger partial charge in [0.05, 0.1) is 45.8 Å². The van der Waals surface area contributed by atoms with Gasteiger partial charge in [-0.1, -0.05) is 18.1 Å². The third-order valence-electron chi connectivity index (χ3n) is 15.8. The summed E-state index contributed by atoms with van der Waals surface area (Å²) < 4.78 is 51.3. The quantitative estimate of drug-likeness (QED) is 0.143. The van der Waals surface area contributed by atoms with E-state index < -0.39 is 28.8 Å². The van der Waals surface area contributed by atoms with Crippen LogP contribution in [0, 0.1) is 23.5 Å². The van der Waals surface area contributed by atoms with E-state index in [1.54, 1.807) is 41.3 Å². The number of amides is 1. The van der Waals surface area contributed by atoms with Gasteiger partial charge in [-0.2, -0.15) is 10.2 Å². The minimum absolute atomic E-state index is 0.00297. The number of ether oxygens (including phenoxy) is 1. The molecule has 1 amide bonds. The number of aromatic nitrogens is 9. The molecule has 3 aliphatic carbocycles. The smallest absolute Gasteiger partial charge is 0.376 e. The Kier molecular flexibility index (Phi) is 9.22. The number of H-pyrrole nitrogens is 1. The van der Waals surface area contributed by atoms with Gasteiger partial charge in [0.1, 0.15) is 22.9 Å². The molecule has 5 aliphatic rings. The first-order chi connectivity index (χ1) is 33.3. The van der Waals surface area contributed by atoms with E-state index >= 15 is 13.6 Å². The van der Waals surface area contributed by atoms with Crippen LogP contribution in [0.2, 0.25) is 0 Å². The molecule has 5 aromatic heterocycles. The minimum Gasteiger partial charge on any atom is -0.376 e.